The first-order valence-electron chi connectivity index (χ1n) is 11.1. The molecule has 3 aromatic heterocycles. The van der Waals surface area contributed by atoms with E-state index >= 15 is 0 Å². The van der Waals surface area contributed by atoms with Gasteiger partial charge in [0.2, 0.25) is 0 Å². The molecular weight excluding hydrogens is 462 g/mol. The number of hydrogen-bond donors (Lipinski definition) is 1. The van der Waals surface area contributed by atoms with Crippen molar-refractivity contribution in [2.24, 2.45) is 7.05 Å². The van der Waals surface area contributed by atoms with Crippen LogP contribution in [0.1, 0.15) is 53.9 Å². The zero-order valence-corrected chi connectivity index (χ0v) is 20.6. The molecule has 0 saturated carbocycles. The Morgan fingerprint density at radius 1 is 1.09 bits per heavy atom. The Kier molecular flexibility index (Phi) is 6.62. The van der Waals surface area contributed by atoms with Crippen molar-refractivity contribution in [3.63, 3.8) is 0 Å². The number of nitrogen functional groups attached to an aromatic ring is 1. The van der Waals surface area contributed by atoms with Crippen molar-refractivity contribution in [3.8, 4) is 0 Å². The maximum absolute atomic E-state index is 13.3. The van der Waals surface area contributed by atoms with Crippen LogP contribution in [0.2, 0.25) is 0 Å². The first-order chi connectivity index (χ1) is 15.8. The summed E-state index contributed by atoms with van der Waals surface area (Å²) >= 11 is 2.68. The number of nitrogens with zero attached hydrogens (tertiary/aromatic N) is 4. The largest absolute Gasteiger partial charge is 0.384 e. The molecule has 0 aromatic carbocycles. The Hall–Kier alpha value is -2.66. The summed E-state index contributed by atoms with van der Waals surface area (Å²) in [4.78, 5) is 58.1. The van der Waals surface area contributed by atoms with Crippen molar-refractivity contribution in [1.29, 1.82) is 0 Å². The molecule has 176 valence electrons. The molecule has 4 rings (SSSR count). The monoisotopic (exact) mass is 489 g/mol. The number of nitrogens with two attached hydrogens (primary N) is 1. The van der Waals surface area contributed by atoms with E-state index in [9.17, 15) is 19.2 Å². The third kappa shape index (κ3) is 3.97. The highest BCUT2D eigenvalue weighted by atomic mass is 32.2. The van der Waals surface area contributed by atoms with E-state index in [1.165, 1.54) is 16.5 Å². The molecule has 2 N–H and O–H groups in total. The van der Waals surface area contributed by atoms with Crippen molar-refractivity contribution in [2.45, 2.75) is 64.2 Å². The molecule has 0 unspecified atom stereocenters. The Labute approximate surface area is 198 Å². The average Bonchev–Trinajstić information content (AvgIpc) is 3.37. The normalized spacial score (nSPS) is 13.1. The van der Waals surface area contributed by atoms with E-state index in [1.807, 2.05) is 13.8 Å². The molecule has 0 bridgehead atoms. The number of anilines is 1. The van der Waals surface area contributed by atoms with Crippen molar-refractivity contribution >= 4 is 44.9 Å². The molecule has 0 saturated heterocycles. The average molecular weight is 490 g/mol. The Bertz CT molecular complexity index is 1430. The zero-order valence-electron chi connectivity index (χ0n) is 19.0. The second-order valence-electron chi connectivity index (χ2n) is 8.16. The maximum Gasteiger partial charge on any atom is 0.332 e. The predicted octanol–water partition coefficient (Wildman–Crippen LogP) is 2.18. The molecule has 0 radical (unpaired) electrons. The van der Waals surface area contributed by atoms with Crippen LogP contribution in [0.4, 0.5) is 5.82 Å². The summed E-state index contributed by atoms with van der Waals surface area (Å²) in [5.41, 5.74) is 5.69. The van der Waals surface area contributed by atoms with E-state index in [4.69, 9.17) is 10.7 Å². The molecule has 11 heteroatoms. The SMILES string of the molecule is CCCn1c(SCC(=O)c2c(N)n(CCC)c(=O)n(C)c2=O)nc2sc3c(c2c1=O)CCC3. The van der Waals surface area contributed by atoms with E-state index in [1.54, 1.807) is 15.9 Å². The molecule has 1 aliphatic rings. The van der Waals surface area contributed by atoms with Gasteiger partial charge < -0.3 is 5.73 Å². The van der Waals surface area contributed by atoms with E-state index in [-0.39, 0.29) is 22.7 Å². The second kappa shape index (κ2) is 9.30. The van der Waals surface area contributed by atoms with Crippen LogP contribution < -0.4 is 22.5 Å². The highest BCUT2D eigenvalue weighted by molar-refractivity contribution is 7.99. The smallest absolute Gasteiger partial charge is 0.332 e. The summed E-state index contributed by atoms with van der Waals surface area (Å²) in [5, 5.41) is 1.17. The van der Waals surface area contributed by atoms with Crippen LogP contribution in [0.3, 0.4) is 0 Å². The molecule has 1 aliphatic carbocycles. The Morgan fingerprint density at radius 3 is 2.48 bits per heavy atom. The molecule has 3 heterocycles. The molecular formula is C22H27N5O4S2. The standard InChI is InChI=1S/C22H27N5O4S2/c1-4-9-26-17(23)16(19(29)25(3)22(26)31)13(28)11-32-21-24-18-15(20(30)27(21)10-5-2)12-7-6-8-14(12)33-18/h4-11,23H2,1-3H3. The number of Topliss-reactive ketones (excluding diaryl/α,β-unsaturated/α-hetero) is 1. The van der Waals surface area contributed by atoms with E-state index in [0.717, 1.165) is 47.6 Å². The molecule has 33 heavy (non-hydrogen) atoms. The lowest BCUT2D eigenvalue weighted by molar-refractivity contribution is 0.102. The van der Waals surface area contributed by atoms with Crippen LogP contribution in [-0.4, -0.2) is 30.2 Å². The lowest BCUT2D eigenvalue weighted by Gasteiger charge is -2.14. The van der Waals surface area contributed by atoms with Crippen molar-refractivity contribution in [2.75, 3.05) is 11.5 Å². The first-order valence-corrected chi connectivity index (χ1v) is 12.9. The highest BCUT2D eigenvalue weighted by Crippen LogP contribution is 2.35. The van der Waals surface area contributed by atoms with Gasteiger partial charge in [-0.25, -0.2) is 9.78 Å². The summed E-state index contributed by atoms with van der Waals surface area (Å²) < 4.78 is 3.79. The number of thiophene rings is 1. The first kappa shape index (κ1) is 23.5. The van der Waals surface area contributed by atoms with Gasteiger partial charge in [-0.1, -0.05) is 25.6 Å². The molecule has 0 atom stereocenters. The van der Waals surface area contributed by atoms with Gasteiger partial charge in [-0.2, -0.15) is 0 Å². The lowest BCUT2D eigenvalue weighted by Crippen LogP contribution is -2.42. The number of ketones is 1. The fraction of sp³-hybridized carbons (Fsp3) is 0.500. The van der Waals surface area contributed by atoms with E-state index in [0.29, 0.717) is 34.9 Å². The third-order valence-corrected chi connectivity index (χ3v) is 8.04. The number of hydrogen-bond acceptors (Lipinski definition) is 8. The van der Waals surface area contributed by atoms with Crippen molar-refractivity contribution < 1.29 is 4.79 Å². The Morgan fingerprint density at radius 2 is 1.79 bits per heavy atom. The van der Waals surface area contributed by atoms with Gasteiger partial charge in [0.15, 0.2) is 10.9 Å². The van der Waals surface area contributed by atoms with Gasteiger partial charge in [0.05, 0.1) is 11.1 Å². The van der Waals surface area contributed by atoms with Gasteiger partial charge in [0, 0.05) is 25.0 Å². The van der Waals surface area contributed by atoms with E-state index < -0.39 is 17.0 Å². The molecule has 0 aliphatic heterocycles. The van der Waals surface area contributed by atoms with Crippen LogP contribution in [0.25, 0.3) is 10.2 Å². The van der Waals surface area contributed by atoms with Gasteiger partial charge in [-0.15, -0.1) is 11.3 Å². The van der Waals surface area contributed by atoms with Crippen LogP contribution in [0.5, 0.6) is 0 Å². The zero-order chi connectivity index (χ0) is 23.9. The van der Waals surface area contributed by atoms with Crippen LogP contribution >= 0.6 is 23.1 Å². The van der Waals surface area contributed by atoms with Crippen LogP contribution in [0.15, 0.2) is 19.5 Å². The van der Waals surface area contributed by atoms with Gasteiger partial charge >= 0.3 is 5.69 Å². The molecule has 3 aromatic rings. The fourth-order valence-electron chi connectivity index (χ4n) is 4.28. The minimum atomic E-state index is -0.709. The minimum Gasteiger partial charge on any atom is -0.384 e. The fourth-order valence-corrected chi connectivity index (χ4v) is 6.48. The van der Waals surface area contributed by atoms with Gasteiger partial charge in [-0.05, 0) is 37.7 Å². The summed E-state index contributed by atoms with van der Waals surface area (Å²) in [6.07, 6.45) is 4.31. The molecule has 0 spiro atoms. The second-order valence-corrected chi connectivity index (χ2v) is 10.2. The summed E-state index contributed by atoms with van der Waals surface area (Å²) in [6, 6.07) is 0. The number of carbonyl (C=O) groups is 1. The summed E-state index contributed by atoms with van der Waals surface area (Å²) in [5.74, 6) is -0.718. The maximum atomic E-state index is 13.3. The number of aromatic nitrogens is 4. The number of thioether (sulfide) groups is 1. The summed E-state index contributed by atoms with van der Waals surface area (Å²) in [7, 11) is 1.34. The van der Waals surface area contributed by atoms with Gasteiger partial charge in [0.25, 0.3) is 11.1 Å². The lowest BCUT2D eigenvalue weighted by atomic mass is 10.2. The topological polar surface area (TPSA) is 122 Å². The van der Waals surface area contributed by atoms with Crippen molar-refractivity contribution in [3.05, 3.63) is 47.2 Å². The number of aryl methyl sites for hydroxylation is 2. The minimum absolute atomic E-state index is 0.0666. The summed E-state index contributed by atoms with van der Waals surface area (Å²) in [6.45, 7) is 4.66. The number of carbonyl (C=O) groups excluding carboxylic acids is 1. The van der Waals surface area contributed by atoms with Gasteiger partial charge in [0.1, 0.15) is 16.2 Å². The quantitative estimate of drug-likeness (QED) is 0.292. The van der Waals surface area contributed by atoms with Crippen LogP contribution in [-0.2, 0) is 33.0 Å². The molecule has 9 nitrogen and oxygen atoms in total. The predicted molar refractivity (Wildman–Crippen MR) is 132 cm³/mol. The Balaban J connectivity index is 1.72. The van der Waals surface area contributed by atoms with Gasteiger partial charge in [-0.3, -0.25) is 28.1 Å². The van der Waals surface area contributed by atoms with Crippen LogP contribution in [0, 0.1) is 0 Å². The molecule has 0 fully saturated rings. The highest BCUT2D eigenvalue weighted by Gasteiger charge is 2.25. The third-order valence-electron chi connectivity index (χ3n) is 5.88. The molecule has 0 amide bonds. The number of rotatable bonds is 8. The number of fused-ring (bicyclic) bond motifs is 3. The van der Waals surface area contributed by atoms with E-state index in [2.05, 4.69) is 0 Å². The van der Waals surface area contributed by atoms with Crippen molar-refractivity contribution in [1.82, 2.24) is 18.7 Å².